The number of aromatic nitrogens is 2. The van der Waals surface area contributed by atoms with Gasteiger partial charge < -0.3 is 4.90 Å². The van der Waals surface area contributed by atoms with E-state index in [1.807, 2.05) is 18.0 Å². The molecule has 0 bridgehead atoms. The average molecular weight is 328 g/mol. The van der Waals surface area contributed by atoms with Crippen LogP contribution in [0.1, 0.15) is 28.8 Å². The van der Waals surface area contributed by atoms with Gasteiger partial charge in [-0.05, 0) is 30.5 Å². The summed E-state index contributed by atoms with van der Waals surface area (Å²) in [7, 11) is 1.82. The van der Waals surface area contributed by atoms with Gasteiger partial charge in [0.05, 0.1) is 11.8 Å². The molecule has 126 valence electrons. The summed E-state index contributed by atoms with van der Waals surface area (Å²) in [4.78, 5) is 17.1. The largest absolute Gasteiger partial charge is 0.334 e. The first kappa shape index (κ1) is 15.3. The minimum atomic E-state index is -0.192. The van der Waals surface area contributed by atoms with Crippen molar-refractivity contribution in [1.82, 2.24) is 19.6 Å². The van der Waals surface area contributed by atoms with Crippen LogP contribution in [0.2, 0.25) is 0 Å². The molecule has 0 spiro atoms. The molecule has 2 fully saturated rings. The Labute approximate surface area is 140 Å². The standard InChI is InChI=1S/C18H21FN4O/c1-21-12-14(10-20-21)18(24)23-8-6-16-17(23)5-7-22(16)11-13-3-2-4-15(19)9-13/h2-4,9-10,12,16-17H,5-8,11H2,1H3/t16-,17+/m1/s1. The van der Waals surface area contributed by atoms with Crippen LogP contribution >= 0.6 is 0 Å². The third kappa shape index (κ3) is 2.71. The number of likely N-dealkylation sites (tertiary alicyclic amines) is 2. The molecular weight excluding hydrogens is 307 g/mol. The SMILES string of the molecule is Cn1cc(C(=O)N2CC[C@@H]3[C@@H]2CCN3Cc2cccc(F)c2)cn1. The summed E-state index contributed by atoms with van der Waals surface area (Å²) in [5, 5.41) is 4.10. The van der Waals surface area contributed by atoms with Crippen LogP contribution < -0.4 is 0 Å². The zero-order valence-electron chi connectivity index (χ0n) is 13.7. The van der Waals surface area contributed by atoms with Gasteiger partial charge in [-0.3, -0.25) is 14.4 Å². The number of aryl methyl sites for hydroxylation is 1. The van der Waals surface area contributed by atoms with E-state index in [1.165, 1.54) is 6.07 Å². The normalized spacial score (nSPS) is 23.7. The Morgan fingerprint density at radius 2 is 2.12 bits per heavy atom. The number of carbonyl (C=O) groups is 1. The minimum Gasteiger partial charge on any atom is -0.334 e. The fraction of sp³-hybridized carbons (Fsp3) is 0.444. The van der Waals surface area contributed by atoms with Crippen LogP contribution in [0.15, 0.2) is 36.7 Å². The Kier molecular flexibility index (Phi) is 3.84. The first-order valence-corrected chi connectivity index (χ1v) is 8.40. The molecule has 2 saturated heterocycles. The highest BCUT2D eigenvalue weighted by Crippen LogP contribution is 2.33. The maximum atomic E-state index is 13.4. The monoisotopic (exact) mass is 328 g/mol. The zero-order chi connectivity index (χ0) is 16.7. The third-order valence-corrected chi connectivity index (χ3v) is 5.18. The van der Waals surface area contributed by atoms with Gasteiger partial charge in [0.2, 0.25) is 0 Å². The number of fused-ring (bicyclic) bond motifs is 1. The van der Waals surface area contributed by atoms with Crippen LogP contribution in [0.3, 0.4) is 0 Å². The van der Waals surface area contributed by atoms with E-state index in [1.54, 1.807) is 29.2 Å². The fourth-order valence-corrected chi connectivity index (χ4v) is 4.09. The van der Waals surface area contributed by atoms with Crippen molar-refractivity contribution in [3.05, 3.63) is 53.6 Å². The number of carbonyl (C=O) groups excluding carboxylic acids is 1. The summed E-state index contributed by atoms with van der Waals surface area (Å²) < 4.78 is 15.0. The molecule has 1 amide bonds. The molecule has 6 heteroatoms. The predicted octanol–water partition coefficient (Wildman–Crippen LogP) is 2.05. The second-order valence-corrected chi connectivity index (χ2v) is 6.71. The van der Waals surface area contributed by atoms with Crippen molar-refractivity contribution in [2.75, 3.05) is 13.1 Å². The molecule has 0 aliphatic carbocycles. The molecule has 24 heavy (non-hydrogen) atoms. The van der Waals surface area contributed by atoms with Gasteiger partial charge in [-0.25, -0.2) is 4.39 Å². The van der Waals surface area contributed by atoms with Crippen molar-refractivity contribution in [3.63, 3.8) is 0 Å². The molecule has 4 rings (SSSR count). The van der Waals surface area contributed by atoms with Crippen molar-refractivity contribution in [1.29, 1.82) is 0 Å². The van der Waals surface area contributed by atoms with Gasteiger partial charge in [-0.1, -0.05) is 12.1 Å². The molecular formula is C18H21FN4O. The molecule has 0 N–H and O–H groups in total. The molecule has 1 aromatic carbocycles. The van der Waals surface area contributed by atoms with E-state index in [0.29, 0.717) is 11.6 Å². The Balaban J connectivity index is 1.46. The maximum absolute atomic E-state index is 13.4. The van der Waals surface area contributed by atoms with Gasteiger partial charge in [0, 0.05) is 45.0 Å². The summed E-state index contributed by atoms with van der Waals surface area (Å²) in [5.74, 6) is -0.119. The van der Waals surface area contributed by atoms with Gasteiger partial charge in [0.25, 0.3) is 5.91 Å². The number of rotatable bonds is 3. The first-order chi connectivity index (χ1) is 11.6. The number of amides is 1. The molecule has 5 nitrogen and oxygen atoms in total. The second-order valence-electron chi connectivity index (χ2n) is 6.71. The molecule has 2 aliphatic rings. The zero-order valence-corrected chi connectivity index (χ0v) is 13.7. The molecule has 0 radical (unpaired) electrons. The summed E-state index contributed by atoms with van der Waals surface area (Å²) in [6, 6.07) is 7.41. The molecule has 2 aromatic rings. The molecule has 2 aliphatic heterocycles. The summed E-state index contributed by atoms with van der Waals surface area (Å²) >= 11 is 0. The topological polar surface area (TPSA) is 41.4 Å². The van der Waals surface area contributed by atoms with Crippen LogP contribution in [-0.4, -0.2) is 50.7 Å². The lowest BCUT2D eigenvalue weighted by molar-refractivity contribution is 0.0732. The van der Waals surface area contributed by atoms with E-state index in [2.05, 4.69) is 10.00 Å². The van der Waals surface area contributed by atoms with Crippen molar-refractivity contribution >= 4 is 5.91 Å². The number of benzene rings is 1. The van der Waals surface area contributed by atoms with Crippen LogP contribution in [0.5, 0.6) is 0 Å². The number of halogens is 1. The molecule has 2 atom stereocenters. The van der Waals surface area contributed by atoms with Crippen molar-refractivity contribution in [3.8, 4) is 0 Å². The smallest absolute Gasteiger partial charge is 0.257 e. The Hall–Kier alpha value is -2.21. The van der Waals surface area contributed by atoms with Gasteiger partial charge in [0.15, 0.2) is 0 Å². The van der Waals surface area contributed by atoms with Crippen LogP contribution in [0.4, 0.5) is 4.39 Å². The average Bonchev–Trinajstić information content (AvgIpc) is 3.24. The Morgan fingerprint density at radius 3 is 2.88 bits per heavy atom. The minimum absolute atomic E-state index is 0.0724. The second kappa shape index (κ2) is 6.02. The summed E-state index contributed by atoms with van der Waals surface area (Å²) in [6.07, 6.45) is 5.36. The Morgan fingerprint density at radius 1 is 1.29 bits per heavy atom. The van der Waals surface area contributed by atoms with E-state index in [9.17, 15) is 9.18 Å². The molecule has 3 heterocycles. The van der Waals surface area contributed by atoms with E-state index >= 15 is 0 Å². The van der Waals surface area contributed by atoms with E-state index in [-0.39, 0.29) is 17.8 Å². The lowest BCUT2D eigenvalue weighted by atomic mass is 10.1. The van der Waals surface area contributed by atoms with E-state index in [0.717, 1.165) is 38.0 Å². The fourth-order valence-electron chi connectivity index (χ4n) is 4.09. The van der Waals surface area contributed by atoms with Gasteiger partial charge in [-0.15, -0.1) is 0 Å². The lowest BCUT2D eigenvalue weighted by Gasteiger charge is -2.25. The van der Waals surface area contributed by atoms with Crippen molar-refractivity contribution in [2.45, 2.75) is 31.5 Å². The van der Waals surface area contributed by atoms with E-state index < -0.39 is 0 Å². The summed E-state index contributed by atoms with van der Waals surface area (Å²) in [6.45, 7) is 2.47. The van der Waals surface area contributed by atoms with Crippen molar-refractivity contribution < 1.29 is 9.18 Å². The van der Waals surface area contributed by atoms with Crippen LogP contribution in [0, 0.1) is 5.82 Å². The molecule has 0 saturated carbocycles. The van der Waals surface area contributed by atoms with Crippen LogP contribution in [-0.2, 0) is 13.6 Å². The van der Waals surface area contributed by atoms with Gasteiger partial charge >= 0.3 is 0 Å². The van der Waals surface area contributed by atoms with Crippen molar-refractivity contribution in [2.24, 2.45) is 7.05 Å². The van der Waals surface area contributed by atoms with E-state index in [4.69, 9.17) is 0 Å². The Bertz CT molecular complexity index is 759. The number of hydrogen-bond donors (Lipinski definition) is 0. The maximum Gasteiger partial charge on any atom is 0.257 e. The quantitative estimate of drug-likeness (QED) is 0.866. The number of hydrogen-bond acceptors (Lipinski definition) is 3. The lowest BCUT2D eigenvalue weighted by Crippen LogP contribution is -2.39. The van der Waals surface area contributed by atoms with Gasteiger partial charge in [-0.2, -0.15) is 5.10 Å². The van der Waals surface area contributed by atoms with Gasteiger partial charge in [0.1, 0.15) is 5.82 Å². The predicted molar refractivity (Wildman–Crippen MR) is 87.9 cm³/mol. The first-order valence-electron chi connectivity index (χ1n) is 8.40. The highest BCUT2D eigenvalue weighted by molar-refractivity contribution is 5.94. The number of nitrogens with zero attached hydrogens (tertiary/aromatic N) is 4. The highest BCUT2D eigenvalue weighted by Gasteiger charge is 2.44. The highest BCUT2D eigenvalue weighted by atomic mass is 19.1. The van der Waals surface area contributed by atoms with Crippen LogP contribution in [0.25, 0.3) is 0 Å². The third-order valence-electron chi connectivity index (χ3n) is 5.18. The molecule has 0 unspecified atom stereocenters. The molecule has 1 aromatic heterocycles. The summed E-state index contributed by atoms with van der Waals surface area (Å²) in [5.41, 5.74) is 1.65.